The van der Waals surface area contributed by atoms with Crippen molar-refractivity contribution in [3.05, 3.63) is 0 Å². The molecule has 0 radical (unpaired) electrons. The quantitative estimate of drug-likeness (QED) is 0.164. The molecule has 166 valence electrons. The number of rotatable bonds is 20. The van der Waals surface area contributed by atoms with Crippen molar-refractivity contribution in [2.24, 2.45) is 5.92 Å². The maximum atomic E-state index is 11.7. The molecule has 0 fully saturated rings. The molecule has 0 atom stereocenters. The molecule has 0 aromatic carbocycles. The molecule has 0 saturated heterocycles. The minimum absolute atomic E-state index is 0.101. The fourth-order valence-electron chi connectivity index (χ4n) is 3.04. The largest absolute Gasteiger partial charge is 0.466 e. The van der Waals surface area contributed by atoms with Crippen molar-refractivity contribution in [2.45, 2.75) is 124 Å². The first-order chi connectivity index (χ1) is 13.6. The van der Waals surface area contributed by atoms with Gasteiger partial charge < -0.3 is 9.47 Å². The highest BCUT2D eigenvalue weighted by molar-refractivity contribution is 5.69. The second-order valence-corrected chi connectivity index (χ2v) is 8.37. The molecule has 0 heterocycles. The van der Waals surface area contributed by atoms with Gasteiger partial charge in [-0.25, -0.2) is 0 Å². The summed E-state index contributed by atoms with van der Waals surface area (Å²) >= 11 is 0. The van der Waals surface area contributed by atoms with Crippen molar-refractivity contribution in [3.8, 4) is 0 Å². The van der Waals surface area contributed by atoms with Gasteiger partial charge in [-0.15, -0.1) is 0 Å². The molecule has 0 rings (SSSR count). The second-order valence-electron chi connectivity index (χ2n) is 8.37. The summed E-state index contributed by atoms with van der Waals surface area (Å²) in [5, 5.41) is 0. The molecular weight excluding hydrogens is 352 g/mol. The topological polar surface area (TPSA) is 52.6 Å². The van der Waals surface area contributed by atoms with E-state index in [1.165, 1.54) is 51.4 Å². The molecule has 0 saturated carbocycles. The van der Waals surface area contributed by atoms with E-state index in [0.29, 0.717) is 32.0 Å². The summed E-state index contributed by atoms with van der Waals surface area (Å²) in [6.07, 6.45) is 17.1. The van der Waals surface area contributed by atoms with Crippen LogP contribution in [0.5, 0.6) is 0 Å². The smallest absolute Gasteiger partial charge is 0.305 e. The van der Waals surface area contributed by atoms with E-state index in [-0.39, 0.29) is 11.9 Å². The Morgan fingerprint density at radius 3 is 1.54 bits per heavy atom. The van der Waals surface area contributed by atoms with Crippen LogP contribution in [0.25, 0.3) is 0 Å². The average molecular weight is 399 g/mol. The summed E-state index contributed by atoms with van der Waals surface area (Å²) in [6.45, 7) is 7.55. The number of carbonyl (C=O) groups excluding carboxylic acids is 2. The molecule has 0 aromatic rings. The molecule has 0 aliphatic heterocycles. The summed E-state index contributed by atoms with van der Waals surface area (Å²) in [7, 11) is 0. The lowest BCUT2D eigenvalue weighted by Crippen LogP contribution is -2.08. The number of ether oxygens (including phenoxy) is 2. The maximum absolute atomic E-state index is 11.7. The Kier molecular flexibility index (Phi) is 19.9. The molecule has 28 heavy (non-hydrogen) atoms. The number of unbranched alkanes of at least 4 members (excludes halogenated alkanes) is 11. The van der Waals surface area contributed by atoms with Gasteiger partial charge in [0.2, 0.25) is 0 Å². The molecule has 4 nitrogen and oxygen atoms in total. The van der Waals surface area contributed by atoms with Gasteiger partial charge in [-0.3, -0.25) is 9.59 Å². The molecule has 0 spiro atoms. The second kappa shape index (κ2) is 20.7. The molecular formula is C24H46O4. The Morgan fingerprint density at radius 1 is 0.607 bits per heavy atom. The number of esters is 2. The van der Waals surface area contributed by atoms with E-state index in [1.807, 2.05) is 0 Å². The Morgan fingerprint density at radius 2 is 1.04 bits per heavy atom. The van der Waals surface area contributed by atoms with Gasteiger partial charge in [0.05, 0.1) is 13.2 Å². The van der Waals surface area contributed by atoms with Crippen LogP contribution in [0.2, 0.25) is 0 Å². The summed E-state index contributed by atoms with van der Waals surface area (Å²) in [5.41, 5.74) is 0. The molecule has 0 aliphatic carbocycles. The zero-order valence-electron chi connectivity index (χ0n) is 18.9. The van der Waals surface area contributed by atoms with Crippen LogP contribution in [-0.2, 0) is 19.1 Å². The first-order valence-corrected chi connectivity index (χ1v) is 11.9. The van der Waals surface area contributed by atoms with E-state index >= 15 is 0 Å². The van der Waals surface area contributed by atoms with Crippen LogP contribution in [-0.4, -0.2) is 25.2 Å². The Labute approximate surface area is 174 Å². The van der Waals surface area contributed by atoms with Crippen molar-refractivity contribution in [2.75, 3.05) is 13.2 Å². The Balaban J connectivity index is 3.28. The SMILES string of the molecule is CCCCCCCCCCCCOC(=O)CCCCCC(=O)OCCC(C)C. The molecule has 0 unspecified atom stereocenters. The van der Waals surface area contributed by atoms with Crippen molar-refractivity contribution in [1.82, 2.24) is 0 Å². The number of hydrogen-bond donors (Lipinski definition) is 0. The molecule has 4 heteroatoms. The van der Waals surface area contributed by atoms with E-state index in [2.05, 4.69) is 20.8 Å². The summed E-state index contributed by atoms with van der Waals surface area (Å²) < 4.78 is 10.5. The summed E-state index contributed by atoms with van der Waals surface area (Å²) in [6, 6.07) is 0. The van der Waals surface area contributed by atoms with Crippen molar-refractivity contribution in [1.29, 1.82) is 0 Å². The Bertz CT molecular complexity index is 366. The predicted octanol–water partition coefficient (Wildman–Crippen LogP) is 6.99. The highest BCUT2D eigenvalue weighted by Crippen LogP contribution is 2.11. The average Bonchev–Trinajstić information content (AvgIpc) is 2.65. The lowest BCUT2D eigenvalue weighted by atomic mass is 10.1. The Hall–Kier alpha value is -1.06. The molecule has 0 aliphatic rings. The van der Waals surface area contributed by atoms with Gasteiger partial charge in [-0.1, -0.05) is 85.0 Å². The van der Waals surface area contributed by atoms with Crippen LogP contribution in [0.15, 0.2) is 0 Å². The zero-order valence-corrected chi connectivity index (χ0v) is 18.9. The van der Waals surface area contributed by atoms with E-state index in [9.17, 15) is 9.59 Å². The third-order valence-corrected chi connectivity index (χ3v) is 4.98. The van der Waals surface area contributed by atoms with Crippen LogP contribution >= 0.6 is 0 Å². The first-order valence-electron chi connectivity index (χ1n) is 11.9. The molecule has 0 bridgehead atoms. The van der Waals surface area contributed by atoms with Gasteiger partial charge in [-0.05, 0) is 31.6 Å². The van der Waals surface area contributed by atoms with Crippen LogP contribution in [0.1, 0.15) is 124 Å². The van der Waals surface area contributed by atoms with Gasteiger partial charge in [0, 0.05) is 12.8 Å². The highest BCUT2D eigenvalue weighted by atomic mass is 16.5. The lowest BCUT2D eigenvalue weighted by molar-refractivity contribution is -0.144. The first kappa shape index (κ1) is 26.9. The monoisotopic (exact) mass is 398 g/mol. The zero-order chi connectivity index (χ0) is 20.9. The standard InChI is InChI=1S/C24H46O4/c1-4-5-6-7-8-9-10-11-12-16-20-27-23(25)17-14-13-15-18-24(26)28-21-19-22(2)3/h22H,4-21H2,1-3H3. The molecule has 0 amide bonds. The fourth-order valence-corrected chi connectivity index (χ4v) is 3.04. The van der Waals surface area contributed by atoms with E-state index in [0.717, 1.165) is 38.5 Å². The van der Waals surface area contributed by atoms with E-state index in [1.54, 1.807) is 0 Å². The van der Waals surface area contributed by atoms with Crippen molar-refractivity contribution in [3.63, 3.8) is 0 Å². The third kappa shape index (κ3) is 21.2. The van der Waals surface area contributed by atoms with Gasteiger partial charge in [-0.2, -0.15) is 0 Å². The van der Waals surface area contributed by atoms with Gasteiger partial charge >= 0.3 is 11.9 Å². The van der Waals surface area contributed by atoms with Crippen LogP contribution in [0.3, 0.4) is 0 Å². The highest BCUT2D eigenvalue weighted by Gasteiger charge is 2.06. The van der Waals surface area contributed by atoms with Crippen LogP contribution in [0, 0.1) is 5.92 Å². The maximum Gasteiger partial charge on any atom is 0.305 e. The normalized spacial score (nSPS) is 11.0. The number of hydrogen-bond acceptors (Lipinski definition) is 4. The van der Waals surface area contributed by atoms with E-state index < -0.39 is 0 Å². The minimum atomic E-state index is -0.121. The predicted molar refractivity (Wildman–Crippen MR) is 116 cm³/mol. The molecule has 0 aromatic heterocycles. The molecule has 0 N–H and O–H groups in total. The summed E-state index contributed by atoms with van der Waals surface area (Å²) in [4.78, 5) is 23.2. The lowest BCUT2D eigenvalue weighted by Gasteiger charge is -2.07. The van der Waals surface area contributed by atoms with Gasteiger partial charge in [0.25, 0.3) is 0 Å². The van der Waals surface area contributed by atoms with Crippen molar-refractivity contribution >= 4 is 11.9 Å². The van der Waals surface area contributed by atoms with Gasteiger partial charge in [0.15, 0.2) is 0 Å². The minimum Gasteiger partial charge on any atom is -0.466 e. The third-order valence-electron chi connectivity index (χ3n) is 4.98. The summed E-state index contributed by atoms with van der Waals surface area (Å²) in [5.74, 6) is 0.332. The van der Waals surface area contributed by atoms with Crippen molar-refractivity contribution < 1.29 is 19.1 Å². The van der Waals surface area contributed by atoms with Gasteiger partial charge in [0.1, 0.15) is 0 Å². The fraction of sp³-hybridized carbons (Fsp3) is 0.917. The van der Waals surface area contributed by atoms with E-state index in [4.69, 9.17) is 9.47 Å². The van der Waals surface area contributed by atoms with Crippen LogP contribution < -0.4 is 0 Å². The number of carbonyl (C=O) groups is 2. The van der Waals surface area contributed by atoms with Crippen LogP contribution in [0.4, 0.5) is 0 Å².